The second kappa shape index (κ2) is 18.8. The Labute approximate surface area is 157 Å². The highest BCUT2D eigenvalue weighted by Crippen LogP contribution is 2.06. The van der Waals surface area contributed by atoms with Gasteiger partial charge in [-0.1, -0.05) is 67.7 Å². The third kappa shape index (κ3) is 16.4. The van der Waals surface area contributed by atoms with Crippen LogP contribution in [0.1, 0.15) is 58.3 Å². The van der Waals surface area contributed by atoms with E-state index in [1.807, 2.05) is 54.9 Å². The normalized spacial score (nSPS) is 13.2. The fourth-order valence-corrected chi connectivity index (χ4v) is 1.98. The van der Waals surface area contributed by atoms with Gasteiger partial charge >= 0.3 is 0 Å². The first-order valence-electron chi connectivity index (χ1n) is 9.15. The van der Waals surface area contributed by atoms with Gasteiger partial charge in [0.1, 0.15) is 0 Å². The maximum absolute atomic E-state index is 11.0. The Balaban J connectivity index is 4.07. The number of hydrogen-bond donors (Lipinski definition) is 0. The van der Waals surface area contributed by atoms with Crippen LogP contribution in [-0.2, 0) is 4.79 Å². The van der Waals surface area contributed by atoms with Crippen LogP contribution in [0.2, 0.25) is 0 Å². The van der Waals surface area contributed by atoms with Crippen molar-refractivity contribution in [1.82, 2.24) is 0 Å². The predicted octanol–water partition coefficient (Wildman–Crippen LogP) is 6.18. The Morgan fingerprint density at radius 2 is 1.38 bits per heavy atom. The number of hydrogen-bond acceptors (Lipinski definition) is 3. The molecule has 0 heterocycles. The smallest absolute Gasteiger partial charge is 0.246 e. The van der Waals surface area contributed by atoms with Crippen molar-refractivity contribution in [2.75, 3.05) is 0 Å². The third-order valence-corrected chi connectivity index (χ3v) is 3.35. The molecule has 141 valence electrons. The third-order valence-electron chi connectivity index (χ3n) is 3.35. The van der Waals surface area contributed by atoms with Crippen LogP contribution in [0.5, 0.6) is 0 Å². The molecule has 0 bridgehead atoms. The lowest BCUT2D eigenvalue weighted by atomic mass is 10.2. The van der Waals surface area contributed by atoms with E-state index in [0.717, 1.165) is 32.1 Å². The van der Waals surface area contributed by atoms with Crippen LogP contribution in [0.15, 0.2) is 72.5 Å². The second-order valence-electron chi connectivity index (χ2n) is 5.55. The van der Waals surface area contributed by atoms with E-state index in [2.05, 4.69) is 19.1 Å². The molecular formula is C22H30NO3. The summed E-state index contributed by atoms with van der Waals surface area (Å²) in [7, 11) is 0. The highest BCUT2D eigenvalue weighted by molar-refractivity contribution is 5.50. The number of rotatable bonds is 15. The zero-order valence-corrected chi connectivity index (χ0v) is 15.7. The van der Waals surface area contributed by atoms with Gasteiger partial charge in [-0.25, -0.2) is 0 Å². The summed E-state index contributed by atoms with van der Waals surface area (Å²) < 4.78 is 0. The van der Waals surface area contributed by atoms with Crippen molar-refractivity contribution in [2.24, 2.45) is 0 Å². The summed E-state index contributed by atoms with van der Waals surface area (Å²) in [6, 6.07) is 0. The Hall–Kier alpha value is -2.49. The molecule has 0 rings (SSSR count). The van der Waals surface area contributed by atoms with E-state index in [1.165, 1.54) is 0 Å². The minimum Gasteiger partial charge on any atom is -0.291 e. The number of nitrogens with zero attached hydrogens (tertiary/aromatic N) is 1. The zero-order chi connectivity index (χ0) is 19.3. The van der Waals surface area contributed by atoms with Crippen molar-refractivity contribution < 1.29 is 9.72 Å². The van der Waals surface area contributed by atoms with E-state index in [9.17, 15) is 14.9 Å². The maximum Gasteiger partial charge on any atom is 0.246 e. The van der Waals surface area contributed by atoms with Crippen LogP contribution < -0.4 is 0 Å². The molecule has 0 amide bonds. The summed E-state index contributed by atoms with van der Waals surface area (Å²) in [6.07, 6.45) is 29.1. The van der Waals surface area contributed by atoms with E-state index < -0.39 is 0 Å². The number of unbranched alkanes of at least 4 members (excludes halogenated alkanes) is 1. The van der Waals surface area contributed by atoms with Gasteiger partial charge in [0.2, 0.25) is 5.70 Å². The SMILES string of the molecule is CC/C=C/C/C=C/C/C=C(/C/C=C/C/C=C/C/C=C/CC[C]=O)[N+](=O)[O-]. The lowest BCUT2D eigenvalue weighted by Crippen LogP contribution is -1.97. The molecule has 0 aliphatic rings. The highest BCUT2D eigenvalue weighted by atomic mass is 16.6. The van der Waals surface area contributed by atoms with Crippen molar-refractivity contribution in [3.63, 3.8) is 0 Å². The van der Waals surface area contributed by atoms with Crippen molar-refractivity contribution in [3.8, 4) is 0 Å². The molecule has 0 aromatic heterocycles. The molecule has 0 atom stereocenters. The van der Waals surface area contributed by atoms with Gasteiger partial charge in [0.05, 0.1) is 11.3 Å². The molecule has 0 aliphatic carbocycles. The molecule has 4 heteroatoms. The highest BCUT2D eigenvalue weighted by Gasteiger charge is 2.06. The number of carbonyl (C=O) groups excluding carboxylic acids is 1. The van der Waals surface area contributed by atoms with Gasteiger partial charge in [-0.2, -0.15) is 0 Å². The molecule has 0 aliphatic heterocycles. The molecule has 0 saturated carbocycles. The molecule has 4 nitrogen and oxygen atoms in total. The van der Waals surface area contributed by atoms with E-state index in [-0.39, 0.29) is 10.6 Å². The van der Waals surface area contributed by atoms with Gasteiger partial charge in [0, 0.05) is 6.42 Å². The van der Waals surface area contributed by atoms with Gasteiger partial charge in [0.15, 0.2) is 6.29 Å². The largest absolute Gasteiger partial charge is 0.291 e. The van der Waals surface area contributed by atoms with Crippen molar-refractivity contribution in [3.05, 3.63) is 82.6 Å². The summed E-state index contributed by atoms with van der Waals surface area (Å²) in [4.78, 5) is 20.7. The van der Waals surface area contributed by atoms with Crippen LogP contribution >= 0.6 is 0 Å². The van der Waals surface area contributed by atoms with Crippen LogP contribution in [-0.4, -0.2) is 11.2 Å². The molecule has 0 unspecified atom stereocenters. The van der Waals surface area contributed by atoms with Crippen LogP contribution in [0.4, 0.5) is 0 Å². The van der Waals surface area contributed by atoms with Crippen LogP contribution in [0.3, 0.4) is 0 Å². The Morgan fingerprint density at radius 1 is 0.846 bits per heavy atom. The van der Waals surface area contributed by atoms with Gasteiger partial charge in [-0.05, 0) is 44.6 Å². The topological polar surface area (TPSA) is 60.2 Å². The van der Waals surface area contributed by atoms with Gasteiger partial charge < -0.3 is 0 Å². The zero-order valence-electron chi connectivity index (χ0n) is 15.7. The monoisotopic (exact) mass is 356 g/mol. The molecule has 0 spiro atoms. The van der Waals surface area contributed by atoms with Crippen molar-refractivity contribution >= 4 is 6.29 Å². The molecule has 0 aromatic carbocycles. The Kier molecular flexibility index (Phi) is 17.0. The molecular weight excluding hydrogens is 326 g/mol. The summed E-state index contributed by atoms with van der Waals surface area (Å²) >= 11 is 0. The quantitative estimate of drug-likeness (QED) is 0.152. The van der Waals surface area contributed by atoms with Crippen molar-refractivity contribution in [1.29, 1.82) is 0 Å². The fraction of sp³-hybridized carbons (Fsp3) is 0.409. The van der Waals surface area contributed by atoms with E-state index in [0.29, 0.717) is 19.3 Å². The number of nitro groups is 1. The molecule has 0 saturated heterocycles. The van der Waals surface area contributed by atoms with Gasteiger partial charge in [-0.15, -0.1) is 0 Å². The Bertz CT molecular complexity index is 552. The van der Waals surface area contributed by atoms with E-state index in [1.54, 1.807) is 6.08 Å². The average molecular weight is 356 g/mol. The van der Waals surface area contributed by atoms with E-state index in [4.69, 9.17) is 0 Å². The second-order valence-corrected chi connectivity index (χ2v) is 5.55. The van der Waals surface area contributed by atoms with Gasteiger partial charge in [0.25, 0.3) is 0 Å². The molecule has 0 fully saturated rings. The van der Waals surface area contributed by atoms with E-state index >= 15 is 0 Å². The first kappa shape index (κ1) is 23.5. The summed E-state index contributed by atoms with van der Waals surface area (Å²) in [5, 5.41) is 11.0. The summed E-state index contributed by atoms with van der Waals surface area (Å²) in [5.41, 5.74) is 0.230. The van der Waals surface area contributed by atoms with Crippen LogP contribution in [0.25, 0.3) is 0 Å². The predicted molar refractivity (Wildman–Crippen MR) is 109 cm³/mol. The number of allylic oxidation sites excluding steroid dienone is 11. The van der Waals surface area contributed by atoms with Gasteiger partial charge in [-0.3, -0.25) is 14.9 Å². The van der Waals surface area contributed by atoms with Crippen LogP contribution in [0, 0.1) is 10.1 Å². The first-order chi connectivity index (χ1) is 12.7. The maximum atomic E-state index is 11.0. The lowest BCUT2D eigenvalue weighted by molar-refractivity contribution is -0.427. The average Bonchev–Trinajstić information content (AvgIpc) is 2.63. The summed E-state index contributed by atoms with van der Waals surface area (Å²) in [5.74, 6) is 0. The minimum absolute atomic E-state index is 0.230. The lowest BCUT2D eigenvalue weighted by Gasteiger charge is -1.93. The molecule has 0 aromatic rings. The molecule has 1 radical (unpaired) electrons. The Morgan fingerprint density at radius 3 is 1.96 bits per heavy atom. The standard InChI is InChI=1S/C22H30NO3/c1-2-3-4-5-10-13-16-19-22(23(25)26)20-17-14-11-8-6-7-9-12-15-18-21-24/h3-4,6,8-10,12-14,17,19H,2,5,7,11,15-16,18,20H2,1H3/b4-3+,8-6+,12-9+,13-10+,17-14+,22-19-. The first-order valence-corrected chi connectivity index (χ1v) is 9.15. The fourth-order valence-electron chi connectivity index (χ4n) is 1.98. The molecule has 26 heavy (non-hydrogen) atoms. The summed E-state index contributed by atoms with van der Waals surface area (Å²) in [6.45, 7) is 2.09. The molecule has 0 N–H and O–H groups in total. The van der Waals surface area contributed by atoms with Crippen molar-refractivity contribution in [2.45, 2.75) is 58.3 Å². The minimum atomic E-state index is -0.313.